The van der Waals surface area contributed by atoms with E-state index in [0.29, 0.717) is 13.2 Å². The third-order valence-electron chi connectivity index (χ3n) is 6.58. The number of ether oxygens (including phenoxy) is 2. The molecule has 0 aromatic heterocycles. The summed E-state index contributed by atoms with van der Waals surface area (Å²) < 4.78 is 25.5. The molecule has 0 N–H and O–H groups in total. The highest BCUT2D eigenvalue weighted by Gasteiger charge is 2.28. The van der Waals surface area contributed by atoms with Gasteiger partial charge in [0.15, 0.2) is 0 Å². The monoisotopic (exact) mass is 545 g/mol. The molecule has 0 fully saturated rings. The van der Waals surface area contributed by atoms with Crippen LogP contribution in [0.1, 0.15) is 28.3 Å². The fourth-order valence-corrected chi connectivity index (χ4v) is 4.94. The van der Waals surface area contributed by atoms with Crippen molar-refractivity contribution < 1.29 is 13.9 Å². The van der Waals surface area contributed by atoms with Crippen LogP contribution in [-0.2, 0) is 19.4 Å². The molecule has 5 heteroatoms. The van der Waals surface area contributed by atoms with Gasteiger partial charge in [-0.05, 0) is 83.6 Å². The topological polar surface area (TPSA) is 21.7 Å². The van der Waals surface area contributed by atoms with Crippen LogP contribution in [0, 0.1) is 5.82 Å². The Balaban J connectivity index is 1.40. The predicted molar refractivity (Wildman–Crippen MR) is 147 cm³/mol. The summed E-state index contributed by atoms with van der Waals surface area (Å²) in [5, 5.41) is 0.803. The fraction of sp³-hybridized carbons (Fsp3) is 0.226. The molecule has 0 aliphatic carbocycles. The van der Waals surface area contributed by atoms with Crippen LogP contribution in [0.4, 0.5) is 10.1 Å². The molecule has 1 aliphatic rings. The van der Waals surface area contributed by atoms with Gasteiger partial charge in [-0.1, -0.05) is 64.5 Å². The van der Waals surface area contributed by atoms with E-state index < -0.39 is 0 Å². The first-order valence-corrected chi connectivity index (χ1v) is 13.4. The van der Waals surface area contributed by atoms with Crippen LogP contribution in [0.25, 0.3) is 0 Å². The predicted octanol–water partition coefficient (Wildman–Crippen LogP) is 7.52. The standard InChI is InChI=1S/C31H29BrFNO2/c32-17-19-35-28-12-6-23(7-13-28)20-31-30-15-14-29(36-22-24-4-2-1-3-5-24)21-25(30)16-18-34(31)27-10-8-26(33)9-11-27/h1-15,21,31H,16-20,22H2. The third kappa shape index (κ3) is 5.90. The quantitative estimate of drug-likeness (QED) is 0.203. The molecule has 0 saturated carbocycles. The molecule has 0 bridgehead atoms. The lowest BCUT2D eigenvalue weighted by atomic mass is 9.88. The SMILES string of the molecule is Fc1ccc(N2CCc3cc(OCc4ccccc4)ccc3C2Cc2ccc(OCCBr)cc2)cc1. The van der Waals surface area contributed by atoms with Crippen LogP contribution >= 0.6 is 15.9 Å². The van der Waals surface area contributed by atoms with Crippen LogP contribution in [0.5, 0.6) is 11.5 Å². The van der Waals surface area contributed by atoms with Gasteiger partial charge in [0, 0.05) is 17.6 Å². The lowest BCUT2D eigenvalue weighted by Crippen LogP contribution is -2.36. The Morgan fingerprint density at radius 3 is 2.31 bits per heavy atom. The van der Waals surface area contributed by atoms with Crippen molar-refractivity contribution in [1.82, 2.24) is 0 Å². The number of alkyl halides is 1. The number of hydrogen-bond donors (Lipinski definition) is 0. The third-order valence-corrected chi connectivity index (χ3v) is 6.90. The minimum Gasteiger partial charge on any atom is -0.493 e. The van der Waals surface area contributed by atoms with Crippen molar-refractivity contribution in [3.05, 3.63) is 125 Å². The first kappa shape index (κ1) is 24.4. The minimum absolute atomic E-state index is 0.136. The summed E-state index contributed by atoms with van der Waals surface area (Å²) in [4.78, 5) is 2.39. The van der Waals surface area contributed by atoms with Gasteiger partial charge in [-0.25, -0.2) is 4.39 Å². The average molecular weight is 546 g/mol. The second kappa shape index (κ2) is 11.6. The number of fused-ring (bicyclic) bond motifs is 1. The van der Waals surface area contributed by atoms with Crippen LogP contribution in [0.2, 0.25) is 0 Å². The van der Waals surface area contributed by atoms with E-state index in [-0.39, 0.29) is 11.9 Å². The Morgan fingerprint density at radius 2 is 1.56 bits per heavy atom. The highest BCUT2D eigenvalue weighted by molar-refractivity contribution is 9.09. The fourth-order valence-electron chi connectivity index (χ4n) is 4.78. The normalized spacial score (nSPS) is 14.8. The summed E-state index contributed by atoms with van der Waals surface area (Å²) in [6.07, 6.45) is 1.75. The van der Waals surface area contributed by atoms with Gasteiger partial charge in [-0.3, -0.25) is 0 Å². The number of anilines is 1. The molecule has 4 aromatic carbocycles. The first-order chi connectivity index (χ1) is 17.7. The summed E-state index contributed by atoms with van der Waals surface area (Å²) in [6.45, 7) is 2.05. The number of benzene rings is 4. The molecule has 1 atom stereocenters. The lowest BCUT2D eigenvalue weighted by Gasteiger charge is -2.39. The Labute approximate surface area is 220 Å². The van der Waals surface area contributed by atoms with Gasteiger partial charge in [0.2, 0.25) is 0 Å². The molecule has 0 radical (unpaired) electrons. The number of halogens is 2. The average Bonchev–Trinajstić information content (AvgIpc) is 2.93. The van der Waals surface area contributed by atoms with E-state index in [9.17, 15) is 4.39 Å². The summed E-state index contributed by atoms with van der Waals surface area (Å²) in [5.41, 5.74) is 6.02. The molecule has 5 rings (SSSR count). The molecule has 1 unspecified atom stereocenters. The Bertz CT molecular complexity index is 1260. The molecule has 0 spiro atoms. The van der Waals surface area contributed by atoms with Crippen LogP contribution in [0.3, 0.4) is 0 Å². The van der Waals surface area contributed by atoms with Crippen molar-refractivity contribution in [1.29, 1.82) is 0 Å². The van der Waals surface area contributed by atoms with Crippen molar-refractivity contribution in [3.8, 4) is 11.5 Å². The van der Waals surface area contributed by atoms with Crippen molar-refractivity contribution >= 4 is 21.6 Å². The Kier molecular flexibility index (Phi) is 7.87. The van der Waals surface area contributed by atoms with Gasteiger partial charge < -0.3 is 14.4 Å². The van der Waals surface area contributed by atoms with Gasteiger partial charge in [-0.15, -0.1) is 0 Å². The molecular formula is C31H29BrFNO2. The zero-order valence-corrected chi connectivity index (χ0v) is 21.7. The molecule has 0 amide bonds. The smallest absolute Gasteiger partial charge is 0.123 e. The summed E-state index contributed by atoms with van der Waals surface area (Å²) in [7, 11) is 0. The van der Waals surface area contributed by atoms with Crippen molar-refractivity contribution in [2.24, 2.45) is 0 Å². The molecule has 1 heterocycles. The van der Waals surface area contributed by atoms with Gasteiger partial charge in [0.1, 0.15) is 23.9 Å². The lowest BCUT2D eigenvalue weighted by molar-refractivity contribution is 0.305. The highest BCUT2D eigenvalue weighted by Crippen LogP contribution is 2.38. The maximum absolute atomic E-state index is 13.7. The van der Waals surface area contributed by atoms with Gasteiger partial charge in [0.05, 0.1) is 12.6 Å². The van der Waals surface area contributed by atoms with E-state index in [4.69, 9.17) is 9.47 Å². The number of nitrogens with zero attached hydrogens (tertiary/aromatic N) is 1. The molecule has 4 aromatic rings. The minimum atomic E-state index is -0.216. The van der Waals surface area contributed by atoms with E-state index in [1.54, 1.807) is 12.1 Å². The van der Waals surface area contributed by atoms with E-state index in [1.807, 2.05) is 42.5 Å². The van der Waals surface area contributed by atoms with E-state index in [0.717, 1.165) is 47.5 Å². The first-order valence-electron chi connectivity index (χ1n) is 12.3. The number of rotatable bonds is 9. The zero-order valence-electron chi connectivity index (χ0n) is 20.1. The largest absolute Gasteiger partial charge is 0.493 e. The van der Waals surface area contributed by atoms with Crippen molar-refractivity contribution in [2.45, 2.75) is 25.5 Å². The molecule has 36 heavy (non-hydrogen) atoms. The molecular weight excluding hydrogens is 517 g/mol. The second-order valence-corrected chi connectivity index (χ2v) is 9.75. The Hall–Kier alpha value is -3.31. The highest BCUT2D eigenvalue weighted by atomic mass is 79.9. The Morgan fingerprint density at radius 1 is 0.806 bits per heavy atom. The second-order valence-electron chi connectivity index (χ2n) is 8.96. The van der Waals surface area contributed by atoms with Crippen LogP contribution in [-0.4, -0.2) is 18.5 Å². The zero-order chi connectivity index (χ0) is 24.7. The molecule has 0 saturated heterocycles. The van der Waals surface area contributed by atoms with E-state index in [1.165, 1.54) is 16.7 Å². The van der Waals surface area contributed by atoms with E-state index >= 15 is 0 Å². The van der Waals surface area contributed by atoms with Crippen molar-refractivity contribution in [2.75, 3.05) is 23.4 Å². The maximum atomic E-state index is 13.7. The molecule has 184 valence electrons. The van der Waals surface area contributed by atoms with Crippen molar-refractivity contribution in [3.63, 3.8) is 0 Å². The summed E-state index contributed by atoms with van der Waals surface area (Å²) in [5.74, 6) is 1.55. The number of hydrogen-bond acceptors (Lipinski definition) is 3. The van der Waals surface area contributed by atoms with Gasteiger partial charge >= 0.3 is 0 Å². The summed E-state index contributed by atoms with van der Waals surface area (Å²) in [6, 6.07) is 32.0. The summed E-state index contributed by atoms with van der Waals surface area (Å²) >= 11 is 3.40. The van der Waals surface area contributed by atoms with Crippen LogP contribution in [0.15, 0.2) is 97.1 Å². The van der Waals surface area contributed by atoms with Gasteiger partial charge in [0.25, 0.3) is 0 Å². The van der Waals surface area contributed by atoms with E-state index in [2.05, 4.69) is 63.3 Å². The van der Waals surface area contributed by atoms with Crippen LogP contribution < -0.4 is 14.4 Å². The molecule has 3 nitrogen and oxygen atoms in total. The van der Waals surface area contributed by atoms with Gasteiger partial charge in [-0.2, -0.15) is 0 Å². The molecule has 1 aliphatic heterocycles. The maximum Gasteiger partial charge on any atom is 0.123 e.